The molecule has 6 rings (SSSR count). The molecule has 2 aromatic rings. The van der Waals surface area contributed by atoms with Gasteiger partial charge in [0.25, 0.3) is 0 Å². The fraction of sp³-hybridized carbons (Fsp3) is 0.694. The molecule has 26 nitrogen and oxygen atoms in total. The van der Waals surface area contributed by atoms with Crippen LogP contribution in [-0.2, 0) is 79.4 Å². The summed E-state index contributed by atoms with van der Waals surface area (Å²) in [5, 5.41) is 111. The lowest BCUT2D eigenvalue weighted by atomic mass is 9.95. The normalized spacial score (nSPS) is 35.8. The Morgan fingerprint density at radius 3 is 1.49 bits per heavy atom. The Morgan fingerprint density at radius 1 is 0.539 bits per heavy atom. The van der Waals surface area contributed by atoms with Gasteiger partial charge in [0.15, 0.2) is 37.4 Å². The Balaban J connectivity index is 1.17. The molecule has 4 fully saturated rings. The van der Waals surface area contributed by atoms with E-state index in [1.54, 1.807) is 21.6 Å². The highest BCUT2D eigenvalue weighted by molar-refractivity contribution is 7.09. The van der Waals surface area contributed by atoms with Crippen LogP contribution in [-0.4, -0.2) is 236 Å². The van der Waals surface area contributed by atoms with E-state index in [4.69, 9.17) is 56.6 Å². The van der Waals surface area contributed by atoms with Crippen LogP contribution >= 0.6 is 9.47 Å². The van der Waals surface area contributed by atoms with Crippen LogP contribution < -0.4 is 0 Å². The van der Waals surface area contributed by atoms with E-state index in [0.717, 1.165) is 17.5 Å². The van der Waals surface area contributed by atoms with E-state index < -0.39 is 147 Å². The second-order valence-electron chi connectivity index (χ2n) is 18.6. The minimum absolute atomic E-state index is 0.00212. The van der Waals surface area contributed by atoms with Gasteiger partial charge in [0.2, 0.25) is 0 Å². The molecule has 27 heteroatoms. The third-order valence-electron chi connectivity index (χ3n) is 13.1. The average molecular weight is 1110 g/mol. The van der Waals surface area contributed by atoms with Gasteiger partial charge in [-0.25, -0.2) is 14.4 Å². The van der Waals surface area contributed by atoms with E-state index >= 15 is 0 Å². The van der Waals surface area contributed by atoms with Gasteiger partial charge in [-0.3, -0.25) is 0 Å². The molecular weight excluding hydrogens is 1030 g/mol. The molecule has 0 radical (unpaired) electrons. The van der Waals surface area contributed by atoms with Crippen molar-refractivity contribution in [3.63, 3.8) is 0 Å². The molecule has 0 aliphatic carbocycles. The number of hydrogen-bond acceptors (Lipinski definition) is 23. The Kier molecular flexibility index (Phi) is 24.3. The standard InChI is InChI=1S/C49H72NO25P/c1-3-5-18-64-23-27-37(29(51)31(53)45(68-27)66-20-17-50(21-25-13-9-7-10-14-25)49(63)67-22-26-15-11-8-12-16-26)70-47-35(57)39(33(55)41(73-47)43(59)60)72-46-32(54)30(52)38(28(69-46)24-65-19-6-4-2)71-48-36(58)40(75-76)34(56)42(74-48)44(61)62/h7-16,27-42,45-48,51-58H,3-6,17-24,76H2,1-2H3,(H,59,60)(H,61,62). The van der Waals surface area contributed by atoms with E-state index in [-0.39, 0.29) is 46.1 Å². The number of unbranched alkanes of at least 4 members (excludes halogenated alkanes) is 2. The molecule has 10 N–H and O–H groups in total. The van der Waals surface area contributed by atoms with Crippen molar-refractivity contribution in [1.29, 1.82) is 0 Å². The number of ether oxygens (including phenoxy) is 11. The number of amides is 1. The summed E-state index contributed by atoms with van der Waals surface area (Å²) in [5.41, 5.74) is 1.55. The quantitative estimate of drug-likeness (QED) is 0.0370. The second kappa shape index (κ2) is 30.1. The minimum atomic E-state index is -2.23. The molecule has 0 aromatic heterocycles. The molecule has 21 atom stereocenters. The Bertz CT molecular complexity index is 2050. The van der Waals surface area contributed by atoms with Gasteiger partial charge < -0.3 is 113 Å². The highest BCUT2D eigenvalue weighted by Gasteiger charge is 2.57. The Morgan fingerprint density at radius 2 is 0.987 bits per heavy atom. The van der Waals surface area contributed by atoms with Gasteiger partial charge in [0, 0.05) is 35.8 Å². The Labute approximate surface area is 440 Å². The van der Waals surface area contributed by atoms with Crippen molar-refractivity contribution in [3.05, 3.63) is 71.8 Å². The fourth-order valence-electron chi connectivity index (χ4n) is 8.78. The SMILES string of the molecule is CCCCOCC1OC(OC2C(O)C(OC3C(COCCCC)OC(OCCN(Cc4ccccc4)C(=O)OCc4ccccc4)C(O)C3O)OC(C(=O)O)C2O)C(O)C(O)C1OC1OC(C(=O)O)C(O)C(OP)C1O. The van der Waals surface area contributed by atoms with E-state index in [0.29, 0.717) is 19.3 Å². The third kappa shape index (κ3) is 16.0. The van der Waals surface area contributed by atoms with Gasteiger partial charge in [0.05, 0.1) is 19.8 Å². The van der Waals surface area contributed by atoms with Crippen molar-refractivity contribution in [2.75, 3.05) is 39.6 Å². The van der Waals surface area contributed by atoms with E-state index in [2.05, 4.69) is 0 Å². The van der Waals surface area contributed by atoms with Crippen LogP contribution in [0.3, 0.4) is 0 Å². The zero-order valence-corrected chi connectivity index (χ0v) is 43.1. The summed E-state index contributed by atoms with van der Waals surface area (Å²) in [6, 6.07) is 18.2. The predicted octanol–water partition coefficient (Wildman–Crippen LogP) is -1.24. The van der Waals surface area contributed by atoms with Crippen molar-refractivity contribution in [3.8, 4) is 0 Å². The molecule has 428 valence electrons. The lowest BCUT2D eigenvalue weighted by Gasteiger charge is -2.49. The van der Waals surface area contributed by atoms with Gasteiger partial charge in [-0.2, -0.15) is 0 Å². The predicted molar refractivity (Wildman–Crippen MR) is 258 cm³/mol. The summed E-state index contributed by atoms with van der Waals surface area (Å²) in [7, 11) is 1.79. The highest BCUT2D eigenvalue weighted by Crippen LogP contribution is 2.36. The number of aliphatic hydroxyl groups excluding tert-OH is 8. The van der Waals surface area contributed by atoms with Gasteiger partial charge in [0.1, 0.15) is 92.1 Å². The molecule has 4 saturated heterocycles. The van der Waals surface area contributed by atoms with Crippen molar-refractivity contribution >= 4 is 27.5 Å². The lowest BCUT2D eigenvalue weighted by Crippen LogP contribution is -2.68. The minimum Gasteiger partial charge on any atom is -0.479 e. The fourth-order valence-corrected chi connectivity index (χ4v) is 9.10. The summed E-state index contributed by atoms with van der Waals surface area (Å²) in [5.74, 6) is -3.42. The van der Waals surface area contributed by atoms with Crippen LogP contribution in [0.15, 0.2) is 60.7 Å². The molecule has 76 heavy (non-hydrogen) atoms. The van der Waals surface area contributed by atoms with Crippen LogP contribution in [0, 0.1) is 0 Å². The number of benzene rings is 2. The number of hydrogen-bond donors (Lipinski definition) is 10. The molecule has 4 aliphatic heterocycles. The third-order valence-corrected chi connectivity index (χ3v) is 13.4. The summed E-state index contributed by atoms with van der Waals surface area (Å²) >= 11 is 0. The summed E-state index contributed by atoms with van der Waals surface area (Å²) in [4.78, 5) is 39.3. The van der Waals surface area contributed by atoms with Crippen LogP contribution in [0.4, 0.5) is 4.79 Å². The number of carboxylic acids is 2. The number of carbonyl (C=O) groups excluding carboxylic acids is 1. The second-order valence-corrected chi connectivity index (χ2v) is 18.9. The molecule has 0 spiro atoms. The first kappa shape index (κ1) is 61.5. The monoisotopic (exact) mass is 1110 g/mol. The van der Waals surface area contributed by atoms with Crippen LogP contribution in [0.25, 0.3) is 0 Å². The first-order chi connectivity index (χ1) is 36.5. The largest absolute Gasteiger partial charge is 0.479 e. The number of aliphatic carboxylic acids is 2. The van der Waals surface area contributed by atoms with Gasteiger partial charge >= 0.3 is 18.0 Å². The molecule has 4 heterocycles. The van der Waals surface area contributed by atoms with E-state index in [1.807, 2.05) is 62.4 Å². The van der Waals surface area contributed by atoms with Gasteiger partial charge in [-0.1, -0.05) is 87.4 Å². The molecule has 21 unspecified atom stereocenters. The van der Waals surface area contributed by atoms with Crippen LogP contribution in [0.1, 0.15) is 50.7 Å². The smallest absolute Gasteiger partial charge is 0.410 e. The maximum absolute atomic E-state index is 13.4. The van der Waals surface area contributed by atoms with Gasteiger partial charge in [-0.15, -0.1) is 0 Å². The van der Waals surface area contributed by atoms with Crippen LogP contribution in [0.5, 0.6) is 0 Å². The zero-order chi connectivity index (χ0) is 55.1. The van der Waals surface area contributed by atoms with Crippen molar-refractivity contribution in [2.24, 2.45) is 0 Å². The number of nitrogens with zero attached hydrogens (tertiary/aromatic N) is 1. The van der Waals surface area contributed by atoms with E-state index in [9.17, 15) is 65.4 Å². The van der Waals surface area contributed by atoms with Crippen LogP contribution in [0.2, 0.25) is 0 Å². The Hall–Kier alpha value is -3.68. The molecule has 4 aliphatic rings. The highest BCUT2D eigenvalue weighted by atomic mass is 31.0. The van der Waals surface area contributed by atoms with Gasteiger partial charge in [-0.05, 0) is 24.0 Å². The molecule has 1 amide bonds. The first-order valence-electron chi connectivity index (χ1n) is 25.1. The number of carbonyl (C=O) groups is 3. The lowest BCUT2D eigenvalue weighted by molar-refractivity contribution is -0.386. The van der Waals surface area contributed by atoms with Crippen molar-refractivity contribution in [1.82, 2.24) is 4.90 Å². The first-order valence-corrected chi connectivity index (χ1v) is 25.6. The van der Waals surface area contributed by atoms with Crippen molar-refractivity contribution < 1.29 is 122 Å². The molecular formula is C49H72NO25P. The molecule has 0 bridgehead atoms. The topological polar surface area (TPSA) is 368 Å². The van der Waals surface area contributed by atoms with Crippen molar-refractivity contribution in [2.45, 2.75) is 176 Å². The summed E-state index contributed by atoms with van der Waals surface area (Å²) < 4.78 is 68.8. The van der Waals surface area contributed by atoms with E-state index in [1.165, 1.54) is 4.90 Å². The summed E-state index contributed by atoms with van der Waals surface area (Å²) in [6.07, 6.45) is -35.8. The number of aliphatic hydroxyl groups is 8. The average Bonchev–Trinajstić information content (AvgIpc) is 3.42. The molecule has 2 aromatic carbocycles. The maximum atomic E-state index is 13.4. The number of rotatable bonds is 27. The zero-order valence-electron chi connectivity index (χ0n) is 41.9. The maximum Gasteiger partial charge on any atom is 0.410 e. The summed E-state index contributed by atoms with van der Waals surface area (Å²) in [6.45, 7) is 3.31. The number of carboxylic acid groups (broad SMARTS) is 2. The molecule has 0 saturated carbocycles.